The van der Waals surface area contributed by atoms with Crippen LogP contribution in [0.3, 0.4) is 0 Å². The monoisotopic (exact) mass is 474 g/mol. The molecule has 0 radical (unpaired) electrons. The zero-order valence-corrected chi connectivity index (χ0v) is 19.8. The number of nitrogens with zero attached hydrogens (tertiary/aromatic N) is 5. The van der Waals surface area contributed by atoms with Crippen molar-refractivity contribution in [1.29, 1.82) is 0 Å². The molecule has 0 bridgehead atoms. The van der Waals surface area contributed by atoms with Gasteiger partial charge < -0.3 is 15.0 Å². The predicted molar refractivity (Wildman–Crippen MR) is 135 cm³/mol. The summed E-state index contributed by atoms with van der Waals surface area (Å²) in [6.07, 6.45) is 8.98. The normalized spacial score (nSPS) is 13.7. The summed E-state index contributed by atoms with van der Waals surface area (Å²) in [4.78, 5) is 19.6. The average molecular weight is 475 g/mol. The number of carbonyl (C=O) groups is 1. The zero-order valence-electron chi connectivity index (χ0n) is 19.0. The van der Waals surface area contributed by atoms with E-state index in [-0.39, 0.29) is 11.7 Å². The SMILES string of the molecule is COc1ccc(-n2cnnc2SCC(=O)Nc2ccc(N3CCCCC3)c3ccncc23)cc1. The number of anilines is 2. The molecule has 34 heavy (non-hydrogen) atoms. The fourth-order valence-electron chi connectivity index (χ4n) is 4.25. The van der Waals surface area contributed by atoms with Gasteiger partial charge in [-0.3, -0.25) is 14.3 Å². The van der Waals surface area contributed by atoms with E-state index >= 15 is 0 Å². The van der Waals surface area contributed by atoms with Gasteiger partial charge in [-0.1, -0.05) is 11.8 Å². The predicted octanol–water partition coefficient (Wildman–Crippen LogP) is 4.55. The number of hydrogen-bond donors (Lipinski definition) is 1. The van der Waals surface area contributed by atoms with E-state index in [0.717, 1.165) is 41.0 Å². The summed E-state index contributed by atoms with van der Waals surface area (Å²) in [6.45, 7) is 2.13. The maximum atomic E-state index is 12.8. The van der Waals surface area contributed by atoms with Gasteiger partial charge >= 0.3 is 0 Å². The second-order valence-electron chi connectivity index (χ2n) is 8.12. The lowest BCUT2D eigenvalue weighted by atomic mass is 10.1. The largest absolute Gasteiger partial charge is 0.497 e. The van der Waals surface area contributed by atoms with Crippen LogP contribution in [0.4, 0.5) is 11.4 Å². The Labute approximate surface area is 202 Å². The van der Waals surface area contributed by atoms with Crippen molar-refractivity contribution < 1.29 is 9.53 Å². The van der Waals surface area contributed by atoms with Gasteiger partial charge in [-0.2, -0.15) is 0 Å². The molecule has 9 heteroatoms. The summed E-state index contributed by atoms with van der Waals surface area (Å²) in [6, 6.07) is 13.7. The number of thioether (sulfide) groups is 1. The fourth-order valence-corrected chi connectivity index (χ4v) is 4.98. The number of pyridine rings is 1. The maximum Gasteiger partial charge on any atom is 0.234 e. The number of benzene rings is 2. The molecular weight excluding hydrogens is 448 g/mol. The minimum Gasteiger partial charge on any atom is -0.497 e. The van der Waals surface area contributed by atoms with E-state index in [1.165, 1.54) is 36.7 Å². The first kappa shape index (κ1) is 22.2. The van der Waals surface area contributed by atoms with Gasteiger partial charge in [0.25, 0.3) is 0 Å². The average Bonchev–Trinajstić information content (AvgIpc) is 3.37. The third-order valence-corrected chi connectivity index (χ3v) is 6.91. The Hall–Kier alpha value is -3.59. The van der Waals surface area contributed by atoms with Gasteiger partial charge in [0.1, 0.15) is 12.1 Å². The number of fused-ring (bicyclic) bond motifs is 1. The van der Waals surface area contributed by atoms with Crippen LogP contribution in [0.5, 0.6) is 5.75 Å². The Bertz CT molecular complexity index is 1280. The lowest BCUT2D eigenvalue weighted by Gasteiger charge is -2.30. The van der Waals surface area contributed by atoms with Crippen LogP contribution in [0.15, 0.2) is 66.3 Å². The van der Waals surface area contributed by atoms with E-state index < -0.39 is 0 Å². The second kappa shape index (κ2) is 10.1. The smallest absolute Gasteiger partial charge is 0.234 e. The number of carbonyl (C=O) groups excluding carboxylic acids is 1. The number of rotatable bonds is 7. The van der Waals surface area contributed by atoms with Gasteiger partial charge in [0.2, 0.25) is 5.91 Å². The topological polar surface area (TPSA) is 85.2 Å². The van der Waals surface area contributed by atoms with Crippen molar-refractivity contribution in [2.45, 2.75) is 24.4 Å². The number of methoxy groups -OCH3 is 1. The van der Waals surface area contributed by atoms with E-state index in [1.807, 2.05) is 53.4 Å². The molecule has 1 N–H and O–H groups in total. The molecule has 3 heterocycles. The van der Waals surface area contributed by atoms with E-state index in [9.17, 15) is 4.79 Å². The van der Waals surface area contributed by atoms with E-state index in [1.54, 1.807) is 13.4 Å². The van der Waals surface area contributed by atoms with Crippen molar-refractivity contribution in [3.63, 3.8) is 0 Å². The highest BCUT2D eigenvalue weighted by molar-refractivity contribution is 7.99. The Balaban J connectivity index is 1.29. The molecule has 0 aliphatic carbocycles. The van der Waals surface area contributed by atoms with E-state index in [4.69, 9.17) is 4.74 Å². The van der Waals surface area contributed by atoms with Crippen LogP contribution >= 0.6 is 11.8 Å². The highest BCUT2D eigenvalue weighted by Gasteiger charge is 2.17. The van der Waals surface area contributed by atoms with Crippen LogP contribution in [0.2, 0.25) is 0 Å². The van der Waals surface area contributed by atoms with Crippen LogP contribution in [0.25, 0.3) is 16.5 Å². The van der Waals surface area contributed by atoms with Crippen LogP contribution in [0, 0.1) is 0 Å². The standard InChI is InChI=1S/C25H26N6O2S/c1-33-19-7-5-18(6-8-19)31-17-27-29-25(31)34-16-24(32)28-22-9-10-23(30-13-3-2-4-14-30)20-11-12-26-15-21(20)22/h5-12,15,17H,2-4,13-14,16H2,1H3,(H,28,32). The number of aromatic nitrogens is 4. The van der Waals surface area contributed by atoms with Crippen molar-refractivity contribution in [3.8, 4) is 11.4 Å². The molecule has 1 fully saturated rings. The van der Waals surface area contributed by atoms with Crippen molar-refractivity contribution in [2.75, 3.05) is 36.2 Å². The first-order valence-corrected chi connectivity index (χ1v) is 12.3. The Morgan fingerprint density at radius 2 is 1.88 bits per heavy atom. The summed E-state index contributed by atoms with van der Waals surface area (Å²) in [7, 11) is 1.63. The van der Waals surface area contributed by atoms with Gasteiger partial charge in [0.15, 0.2) is 5.16 Å². The fraction of sp³-hybridized carbons (Fsp3) is 0.280. The highest BCUT2D eigenvalue weighted by Crippen LogP contribution is 2.33. The number of hydrogen-bond acceptors (Lipinski definition) is 7. The molecule has 0 saturated carbocycles. The molecule has 0 unspecified atom stereocenters. The second-order valence-corrected chi connectivity index (χ2v) is 9.06. The van der Waals surface area contributed by atoms with Crippen molar-refractivity contribution in [2.24, 2.45) is 0 Å². The van der Waals surface area contributed by atoms with Crippen molar-refractivity contribution >= 4 is 39.8 Å². The molecule has 4 aromatic rings. The molecule has 1 aliphatic heterocycles. The molecule has 2 aromatic carbocycles. The summed E-state index contributed by atoms with van der Waals surface area (Å²) in [5, 5.41) is 14.0. The minimum atomic E-state index is -0.106. The lowest BCUT2D eigenvalue weighted by Crippen LogP contribution is -2.29. The van der Waals surface area contributed by atoms with E-state index in [0.29, 0.717) is 5.16 Å². The third-order valence-electron chi connectivity index (χ3n) is 5.97. The molecule has 1 aliphatic rings. The molecule has 0 atom stereocenters. The molecule has 174 valence electrons. The molecule has 2 aromatic heterocycles. The summed E-state index contributed by atoms with van der Waals surface area (Å²) < 4.78 is 7.07. The molecule has 1 amide bonds. The number of piperidine rings is 1. The number of ether oxygens (including phenoxy) is 1. The number of amides is 1. The molecule has 1 saturated heterocycles. The Morgan fingerprint density at radius 1 is 1.06 bits per heavy atom. The van der Waals surface area contributed by atoms with Gasteiger partial charge in [0.05, 0.1) is 18.6 Å². The minimum absolute atomic E-state index is 0.106. The Morgan fingerprint density at radius 3 is 2.68 bits per heavy atom. The van der Waals surface area contributed by atoms with E-state index in [2.05, 4.69) is 31.5 Å². The Kier molecular flexibility index (Phi) is 6.62. The zero-order chi connectivity index (χ0) is 23.3. The third kappa shape index (κ3) is 4.70. The quantitative estimate of drug-likeness (QED) is 0.394. The lowest BCUT2D eigenvalue weighted by molar-refractivity contribution is -0.113. The van der Waals surface area contributed by atoms with Gasteiger partial charge in [-0.05, 0) is 61.7 Å². The van der Waals surface area contributed by atoms with Gasteiger partial charge in [-0.25, -0.2) is 0 Å². The molecule has 8 nitrogen and oxygen atoms in total. The van der Waals surface area contributed by atoms with Crippen LogP contribution in [-0.2, 0) is 4.79 Å². The molecule has 0 spiro atoms. The van der Waals surface area contributed by atoms with Gasteiger partial charge in [0, 0.05) is 47.6 Å². The summed E-state index contributed by atoms with van der Waals surface area (Å²) in [5.41, 5.74) is 2.88. The van der Waals surface area contributed by atoms with Crippen molar-refractivity contribution in [1.82, 2.24) is 19.7 Å². The summed E-state index contributed by atoms with van der Waals surface area (Å²) in [5.74, 6) is 0.883. The first-order valence-electron chi connectivity index (χ1n) is 11.3. The molecule has 5 rings (SSSR count). The van der Waals surface area contributed by atoms with Gasteiger partial charge in [-0.15, -0.1) is 10.2 Å². The maximum absolute atomic E-state index is 12.8. The number of nitrogens with one attached hydrogen (secondary N) is 1. The van der Waals surface area contributed by atoms with Crippen LogP contribution in [-0.4, -0.2) is 51.6 Å². The highest BCUT2D eigenvalue weighted by atomic mass is 32.2. The molecular formula is C25H26N6O2S. The summed E-state index contributed by atoms with van der Waals surface area (Å²) >= 11 is 1.34. The first-order chi connectivity index (χ1) is 16.7. The van der Waals surface area contributed by atoms with Crippen LogP contribution in [0.1, 0.15) is 19.3 Å². The van der Waals surface area contributed by atoms with Crippen molar-refractivity contribution in [3.05, 3.63) is 61.2 Å². The van der Waals surface area contributed by atoms with Crippen LogP contribution < -0.4 is 15.0 Å².